The minimum absolute atomic E-state index is 0.227. The molecule has 0 unspecified atom stereocenters. The Labute approximate surface area is 111 Å². The Balaban J connectivity index is 2.40. The highest BCUT2D eigenvalue weighted by Crippen LogP contribution is 2.42. The molecular weight excluding hydrogens is 244 g/mol. The highest BCUT2D eigenvalue weighted by molar-refractivity contribution is 5.69. The van der Waals surface area contributed by atoms with Crippen LogP contribution in [-0.2, 0) is 0 Å². The monoisotopic (exact) mass is 257 g/mol. The van der Waals surface area contributed by atoms with Crippen LogP contribution in [-0.4, -0.2) is 14.2 Å². The molecule has 0 aliphatic carbocycles. The molecule has 2 aromatic rings. The lowest BCUT2D eigenvalue weighted by Crippen LogP contribution is -1.91. The van der Waals surface area contributed by atoms with Gasteiger partial charge in [-0.3, -0.25) is 0 Å². The molecule has 0 spiro atoms. The Bertz CT molecular complexity index is 581. The first kappa shape index (κ1) is 12.7. The second kappa shape index (κ2) is 5.74. The molecule has 0 fully saturated rings. The summed E-state index contributed by atoms with van der Waals surface area (Å²) in [5, 5.41) is 8.97. The van der Waals surface area contributed by atoms with E-state index in [4.69, 9.17) is 19.6 Å². The van der Waals surface area contributed by atoms with Crippen molar-refractivity contribution in [2.24, 2.45) is 0 Å². The van der Waals surface area contributed by atoms with Crippen LogP contribution in [0.2, 0.25) is 0 Å². The smallest absolute Gasteiger partial charge is 0.467 e. The van der Waals surface area contributed by atoms with Gasteiger partial charge >= 0.3 is 5.69 Å². The number of hydrogen-bond acceptors (Lipinski definition) is 4. The summed E-state index contributed by atoms with van der Waals surface area (Å²) in [4.78, 5) is 3.15. The number of nitrogens with zero attached hydrogens (tertiary/aromatic N) is 2. The topological polar surface area (TPSA) is 55.8 Å². The van der Waals surface area contributed by atoms with E-state index in [0.717, 1.165) is 0 Å². The molecule has 0 saturated heterocycles. The van der Waals surface area contributed by atoms with Crippen molar-refractivity contribution in [1.82, 2.24) is 0 Å². The van der Waals surface area contributed by atoms with E-state index in [1.54, 1.807) is 12.1 Å². The summed E-state index contributed by atoms with van der Waals surface area (Å²) < 4.78 is 16.0. The average molecular weight is 257 g/mol. The standard InChI is InChI=1S/C14H13N2O3/c1-17-12-8-11(9-13(18-2)14(12)16-15)19-10-6-4-3-5-7-10/h3-9H,1-2H3/q+1. The van der Waals surface area contributed by atoms with Gasteiger partial charge in [-0.05, 0) is 12.1 Å². The van der Waals surface area contributed by atoms with Gasteiger partial charge in [0, 0.05) is 12.1 Å². The lowest BCUT2D eigenvalue weighted by atomic mass is 10.2. The fourth-order valence-corrected chi connectivity index (χ4v) is 1.65. The molecule has 0 N–H and O–H groups in total. The zero-order chi connectivity index (χ0) is 13.7. The van der Waals surface area contributed by atoms with Crippen molar-refractivity contribution in [2.45, 2.75) is 0 Å². The first-order chi connectivity index (χ1) is 9.28. The summed E-state index contributed by atoms with van der Waals surface area (Å²) in [6.45, 7) is 0. The van der Waals surface area contributed by atoms with E-state index >= 15 is 0 Å². The maximum atomic E-state index is 8.97. The number of rotatable bonds is 4. The van der Waals surface area contributed by atoms with Gasteiger partial charge in [-0.15, -0.1) is 0 Å². The van der Waals surface area contributed by atoms with Crippen LogP contribution in [0.25, 0.3) is 4.98 Å². The summed E-state index contributed by atoms with van der Waals surface area (Å²) in [6.07, 6.45) is 0. The van der Waals surface area contributed by atoms with E-state index in [2.05, 4.69) is 4.98 Å². The summed E-state index contributed by atoms with van der Waals surface area (Å²) in [6, 6.07) is 12.6. The average Bonchev–Trinajstić information content (AvgIpc) is 2.47. The minimum Gasteiger partial charge on any atom is -0.489 e. The maximum Gasteiger partial charge on any atom is 0.467 e. The van der Waals surface area contributed by atoms with Crippen LogP contribution >= 0.6 is 0 Å². The molecule has 0 amide bonds. The lowest BCUT2D eigenvalue weighted by Gasteiger charge is -2.08. The Morgan fingerprint density at radius 1 is 0.895 bits per heavy atom. The van der Waals surface area contributed by atoms with E-state index in [1.807, 2.05) is 30.3 Å². The molecule has 0 heterocycles. The van der Waals surface area contributed by atoms with E-state index in [-0.39, 0.29) is 5.69 Å². The van der Waals surface area contributed by atoms with E-state index < -0.39 is 0 Å². The Kier molecular flexibility index (Phi) is 3.84. The summed E-state index contributed by atoms with van der Waals surface area (Å²) in [7, 11) is 2.96. The first-order valence-corrected chi connectivity index (χ1v) is 5.62. The Hall–Kier alpha value is -2.74. The quantitative estimate of drug-likeness (QED) is 0.777. The van der Waals surface area contributed by atoms with Crippen molar-refractivity contribution in [1.29, 1.82) is 5.39 Å². The molecule has 5 heteroatoms. The lowest BCUT2D eigenvalue weighted by molar-refractivity contribution is 0.391. The largest absolute Gasteiger partial charge is 0.489 e. The number of methoxy groups -OCH3 is 2. The molecule has 2 rings (SSSR count). The van der Waals surface area contributed by atoms with E-state index in [1.165, 1.54) is 14.2 Å². The molecule has 5 nitrogen and oxygen atoms in total. The van der Waals surface area contributed by atoms with Gasteiger partial charge in [-0.25, -0.2) is 0 Å². The molecule has 2 aromatic carbocycles. The fraction of sp³-hybridized carbons (Fsp3) is 0.143. The van der Waals surface area contributed by atoms with Crippen molar-refractivity contribution in [3.63, 3.8) is 0 Å². The molecule has 19 heavy (non-hydrogen) atoms. The summed E-state index contributed by atoms with van der Waals surface area (Å²) >= 11 is 0. The molecular formula is C14H13N2O3+. The second-order valence-electron chi connectivity index (χ2n) is 3.69. The van der Waals surface area contributed by atoms with Crippen LogP contribution in [0.1, 0.15) is 0 Å². The van der Waals surface area contributed by atoms with Crippen molar-refractivity contribution < 1.29 is 14.2 Å². The number of benzene rings is 2. The normalized spacial score (nSPS) is 9.53. The molecule has 0 saturated carbocycles. The van der Waals surface area contributed by atoms with Gasteiger partial charge in [0.1, 0.15) is 11.5 Å². The van der Waals surface area contributed by atoms with Gasteiger partial charge < -0.3 is 14.2 Å². The highest BCUT2D eigenvalue weighted by atomic mass is 16.5. The number of diazo groups is 1. The van der Waals surface area contributed by atoms with Crippen LogP contribution in [0.4, 0.5) is 5.69 Å². The fourth-order valence-electron chi connectivity index (χ4n) is 1.65. The molecule has 0 radical (unpaired) electrons. The van der Waals surface area contributed by atoms with Crippen molar-refractivity contribution in [2.75, 3.05) is 14.2 Å². The molecule has 0 atom stereocenters. The third-order valence-corrected chi connectivity index (χ3v) is 2.53. The van der Waals surface area contributed by atoms with Crippen molar-refractivity contribution >= 4 is 5.69 Å². The Morgan fingerprint density at radius 2 is 1.47 bits per heavy atom. The van der Waals surface area contributed by atoms with Gasteiger partial charge in [0.25, 0.3) is 0 Å². The summed E-state index contributed by atoms with van der Waals surface area (Å²) in [5.41, 5.74) is 0.227. The van der Waals surface area contributed by atoms with Gasteiger partial charge in [-0.1, -0.05) is 18.2 Å². The number of ether oxygens (including phenoxy) is 3. The molecule has 0 bridgehead atoms. The van der Waals surface area contributed by atoms with Crippen LogP contribution < -0.4 is 14.2 Å². The number of para-hydroxylation sites is 1. The Morgan fingerprint density at radius 3 is 1.95 bits per heavy atom. The third kappa shape index (κ3) is 2.75. The molecule has 0 aliphatic rings. The SMILES string of the molecule is COc1cc(Oc2ccccc2)cc(OC)c1[N+]#N. The van der Waals surface area contributed by atoms with Gasteiger partial charge in [-0.2, -0.15) is 0 Å². The van der Waals surface area contributed by atoms with Crippen LogP contribution in [0.3, 0.4) is 0 Å². The highest BCUT2D eigenvalue weighted by Gasteiger charge is 2.24. The predicted molar refractivity (Wildman–Crippen MR) is 70.8 cm³/mol. The second-order valence-corrected chi connectivity index (χ2v) is 3.69. The minimum atomic E-state index is 0.227. The predicted octanol–water partition coefficient (Wildman–Crippen LogP) is 3.98. The van der Waals surface area contributed by atoms with Gasteiger partial charge in [0.15, 0.2) is 4.98 Å². The van der Waals surface area contributed by atoms with E-state index in [9.17, 15) is 0 Å². The van der Waals surface area contributed by atoms with Gasteiger partial charge in [0.05, 0.1) is 14.2 Å². The van der Waals surface area contributed by atoms with Crippen molar-refractivity contribution in [3.8, 4) is 23.0 Å². The number of hydrogen-bond donors (Lipinski definition) is 0. The van der Waals surface area contributed by atoms with Crippen molar-refractivity contribution in [3.05, 3.63) is 47.4 Å². The first-order valence-electron chi connectivity index (χ1n) is 5.62. The molecule has 96 valence electrons. The van der Waals surface area contributed by atoms with Crippen LogP contribution in [0.5, 0.6) is 23.0 Å². The molecule has 0 aromatic heterocycles. The third-order valence-electron chi connectivity index (χ3n) is 2.53. The van der Waals surface area contributed by atoms with Gasteiger partial charge in [0.2, 0.25) is 16.9 Å². The zero-order valence-electron chi connectivity index (χ0n) is 10.7. The summed E-state index contributed by atoms with van der Waals surface area (Å²) in [5.74, 6) is 1.97. The maximum absolute atomic E-state index is 8.97. The van der Waals surface area contributed by atoms with Crippen LogP contribution in [0, 0.1) is 5.39 Å². The zero-order valence-corrected chi connectivity index (χ0v) is 10.7. The van der Waals surface area contributed by atoms with Crippen LogP contribution in [0.15, 0.2) is 42.5 Å². The molecule has 0 aliphatic heterocycles. The van der Waals surface area contributed by atoms with E-state index in [0.29, 0.717) is 23.0 Å².